The van der Waals surface area contributed by atoms with Gasteiger partial charge < -0.3 is 23.4 Å². The minimum absolute atomic E-state index is 0.0393. The fourth-order valence-corrected chi connectivity index (χ4v) is 3.42. The quantitative estimate of drug-likeness (QED) is 0.712. The molecule has 1 unspecified atom stereocenters. The predicted molar refractivity (Wildman–Crippen MR) is 95.9 cm³/mol. The number of rotatable bonds is 8. The van der Waals surface area contributed by atoms with Crippen LogP contribution in [0.2, 0.25) is 0 Å². The highest BCUT2D eigenvalue weighted by atomic mass is 16.5. The molecule has 2 aromatic rings. The Morgan fingerprint density at radius 2 is 1.89 bits per heavy atom. The molecule has 2 aromatic heterocycles. The van der Waals surface area contributed by atoms with E-state index in [0.29, 0.717) is 13.1 Å². The second-order valence-corrected chi connectivity index (χ2v) is 7.13. The van der Waals surface area contributed by atoms with E-state index in [1.807, 2.05) is 6.07 Å². The van der Waals surface area contributed by atoms with Crippen LogP contribution in [0.3, 0.4) is 0 Å². The van der Waals surface area contributed by atoms with Crippen LogP contribution in [0.4, 0.5) is 0 Å². The lowest BCUT2D eigenvalue weighted by Crippen LogP contribution is -2.45. The highest BCUT2D eigenvalue weighted by Crippen LogP contribution is 2.28. The van der Waals surface area contributed by atoms with Gasteiger partial charge in [-0.3, -0.25) is 9.59 Å². The minimum atomic E-state index is -0.231. The number of furan rings is 2. The molecular formula is C20H24N2O5. The van der Waals surface area contributed by atoms with Gasteiger partial charge in [-0.1, -0.05) is 0 Å². The van der Waals surface area contributed by atoms with Crippen molar-refractivity contribution in [3.8, 4) is 0 Å². The molecule has 0 N–H and O–H groups in total. The molecule has 1 aliphatic heterocycles. The lowest BCUT2D eigenvalue weighted by Gasteiger charge is -2.28. The Balaban J connectivity index is 1.46. The van der Waals surface area contributed by atoms with E-state index in [4.69, 9.17) is 13.6 Å². The summed E-state index contributed by atoms with van der Waals surface area (Å²) in [6.07, 6.45) is 6.91. The summed E-state index contributed by atoms with van der Waals surface area (Å²) in [5, 5.41) is 0. The van der Waals surface area contributed by atoms with Crippen LogP contribution in [0.1, 0.15) is 42.0 Å². The summed E-state index contributed by atoms with van der Waals surface area (Å²) >= 11 is 0. The molecule has 4 rings (SSSR count). The zero-order chi connectivity index (χ0) is 18.6. The van der Waals surface area contributed by atoms with Crippen LogP contribution in [0, 0.1) is 0 Å². The second kappa shape index (κ2) is 8.00. The van der Waals surface area contributed by atoms with E-state index < -0.39 is 0 Å². The van der Waals surface area contributed by atoms with E-state index in [-0.39, 0.29) is 36.3 Å². The summed E-state index contributed by atoms with van der Waals surface area (Å²) in [4.78, 5) is 29.2. The van der Waals surface area contributed by atoms with Crippen LogP contribution in [-0.2, 0) is 16.1 Å². The highest BCUT2D eigenvalue weighted by molar-refractivity contribution is 5.94. The van der Waals surface area contributed by atoms with E-state index in [0.717, 1.165) is 38.1 Å². The molecule has 2 aliphatic rings. The molecule has 2 amide bonds. The smallest absolute Gasteiger partial charge is 0.290 e. The maximum absolute atomic E-state index is 13.1. The van der Waals surface area contributed by atoms with E-state index >= 15 is 0 Å². The molecule has 0 aromatic carbocycles. The standard InChI is InChI=1S/C20H24N2O5/c23-19(14-22(15-7-8-15)20(24)18-6-3-11-27-18)21(12-16-4-1-9-25-16)13-17-5-2-10-26-17/h1,3-4,6,9,11,15,17H,2,5,7-8,10,12-14H2. The highest BCUT2D eigenvalue weighted by Gasteiger charge is 2.36. The van der Waals surface area contributed by atoms with Gasteiger partial charge in [0.15, 0.2) is 5.76 Å². The van der Waals surface area contributed by atoms with Gasteiger partial charge in [0.1, 0.15) is 12.3 Å². The molecule has 0 spiro atoms. The lowest BCUT2D eigenvalue weighted by atomic mass is 10.2. The topological polar surface area (TPSA) is 76.1 Å². The van der Waals surface area contributed by atoms with Gasteiger partial charge in [0, 0.05) is 19.2 Å². The summed E-state index contributed by atoms with van der Waals surface area (Å²) in [5.41, 5.74) is 0. The van der Waals surface area contributed by atoms with E-state index in [2.05, 4.69) is 0 Å². The van der Waals surface area contributed by atoms with Gasteiger partial charge in [0.25, 0.3) is 5.91 Å². The molecule has 1 atom stereocenters. The Bertz CT molecular complexity index is 745. The van der Waals surface area contributed by atoms with E-state index in [1.165, 1.54) is 6.26 Å². The molecule has 7 heteroatoms. The number of amides is 2. The van der Waals surface area contributed by atoms with Crippen molar-refractivity contribution in [2.75, 3.05) is 19.7 Å². The summed E-state index contributed by atoms with van der Waals surface area (Å²) < 4.78 is 16.4. The minimum Gasteiger partial charge on any atom is -0.467 e. The molecule has 7 nitrogen and oxygen atoms in total. The molecule has 144 valence electrons. The van der Waals surface area contributed by atoms with Crippen LogP contribution in [0.5, 0.6) is 0 Å². The Kier molecular flexibility index (Phi) is 5.29. The molecule has 2 fully saturated rings. The Morgan fingerprint density at radius 3 is 2.52 bits per heavy atom. The van der Waals surface area contributed by atoms with E-state index in [1.54, 1.807) is 34.3 Å². The van der Waals surface area contributed by atoms with Crippen molar-refractivity contribution < 1.29 is 23.2 Å². The predicted octanol–water partition coefficient (Wildman–Crippen LogP) is 2.69. The first kappa shape index (κ1) is 17.9. The SMILES string of the molecule is O=C(CN(C(=O)c1ccco1)C1CC1)N(Cc1ccco1)CC1CCCO1. The van der Waals surface area contributed by atoms with Gasteiger partial charge >= 0.3 is 0 Å². The average molecular weight is 372 g/mol. The third-order valence-corrected chi connectivity index (χ3v) is 5.01. The second-order valence-electron chi connectivity index (χ2n) is 7.13. The third-order valence-electron chi connectivity index (χ3n) is 5.01. The Labute approximate surface area is 157 Å². The van der Waals surface area contributed by atoms with Gasteiger partial charge in [0.05, 0.1) is 25.2 Å². The van der Waals surface area contributed by atoms with Crippen LogP contribution in [0.25, 0.3) is 0 Å². The molecular weight excluding hydrogens is 348 g/mol. The van der Waals surface area contributed by atoms with Crippen LogP contribution < -0.4 is 0 Å². The summed E-state index contributed by atoms with van der Waals surface area (Å²) in [6.45, 7) is 1.66. The van der Waals surface area contributed by atoms with Gasteiger partial charge in [-0.2, -0.15) is 0 Å². The number of nitrogens with zero attached hydrogens (tertiary/aromatic N) is 2. The van der Waals surface area contributed by atoms with Crippen molar-refractivity contribution in [1.29, 1.82) is 0 Å². The summed E-state index contributed by atoms with van der Waals surface area (Å²) in [5.74, 6) is 0.655. The third kappa shape index (κ3) is 4.42. The molecule has 27 heavy (non-hydrogen) atoms. The van der Waals surface area contributed by atoms with Crippen molar-refractivity contribution in [2.24, 2.45) is 0 Å². The molecule has 1 aliphatic carbocycles. The molecule has 3 heterocycles. The molecule has 1 saturated carbocycles. The van der Waals surface area contributed by atoms with Crippen LogP contribution in [-0.4, -0.2) is 53.5 Å². The van der Waals surface area contributed by atoms with Crippen molar-refractivity contribution in [3.63, 3.8) is 0 Å². The van der Waals surface area contributed by atoms with Crippen molar-refractivity contribution >= 4 is 11.8 Å². The monoisotopic (exact) mass is 372 g/mol. The normalized spacial score (nSPS) is 19.2. The number of hydrogen-bond donors (Lipinski definition) is 0. The van der Waals surface area contributed by atoms with Gasteiger partial charge in [-0.25, -0.2) is 0 Å². The zero-order valence-electron chi connectivity index (χ0n) is 15.2. The number of carbonyl (C=O) groups excluding carboxylic acids is 2. The first-order valence-corrected chi connectivity index (χ1v) is 9.47. The fraction of sp³-hybridized carbons (Fsp3) is 0.500. The lowest BCUT2D eigenvalue weighted by molar-refractivity contribution is -0.134. The van der Waals surface area contributed by atoms with Gasteiger partial charge in [-0.15, -0.1) is 0 Å². The molecule has 0 bridgehead atoms. The number of carbonyl (C=O) groups is 2. The van der Waals surface area contributed by atoms with E-state index in [9.17, 15) is 9.59 Å². The maximum Gasteiger partial charge on any atom is 0.290 e. The fourth-order valence-electron chi connectivity index (χ4n) is 3.42. The Morgan fingerprint density at radius 1 is 1.07 bits per heavy atom. The van der Waals surface area contributed by atoms with Crippen molar-refractivity contribution in [3.05, 3.63) is 48.3 Å². The number of hydrogen-bond acceptors (Lipinski definition) is 5. The van der Waals surface area contributed by atoms with Gasteiger partial charge in [-0.05, 0) is 49.9 Å². The molecule has 1 saturated heterocycles. The number of ether oxygens (including phenoxy) is 1. The zero-order valence-corrected chi connectivity index (χ0v) is 15.2. The first-order chi connectivity index (χ1) is 13.2. The van der Waals surface area contributed by atoms with Gasteiger partial charge in [0.2, 0.25) is 5.91 Å². The van der Waals surface area contributed by atoms with Crippen LogP contribution >= 0.6 is 0 Å². The Hall–Kier alpha value is -2.54. The van der Waals surface area contributed by atoms with Crippen molar-refractivity contribution in [1.82, 2.24) is 9.80 Å². The molecule has 0 radical (unpaired) electrons. The average Bonchev–Trinajstić information content (AvgIpc) is 3.13. The summed E-state index contributed by atoms with van der Waals surface area (Å²) in [6, 6.07) is 7.08. The first-order valence-electron chi connectivity index (χ1n) is 9.47. The van der Waals surface area contributed by atoms with Crippen molar-refractivity contribution in [2.45, 2.75) is 44.4 Å². The summed E-state index contributed by atoms with van der Waals surface area (Å²) in [7, 11) is 0. The largest absolute Gasteiger partial charge is 0.467 e. The maximum atomic E-state index is 13.1. The van der Waals surface area contributed by atoms with Crippen LogP contribution in [0.15, 0.2) is 45.6 Å².